The van der Waals surface area contributed by atoms with Crippen LogP contribution in [0.2, 0.25) is 0 Å². The summed E-state index contributed by atoms with van der Waals surface area (Å²) in [6.07, 6.45) is 0.608. The molecule has 2 aliphatic rings. The van der Waals surface area contributed by atoms with Crippen LogP contribution in [0.3, 0.4) is 0 Å². The van der Waals surface area contributed by atoms with Crippen molar-refractivity contribution in [2.24, 2.45) is 0 Å². The molecule has 0 spiro atoms. The molecule has 144 valence electrons. The lowest BCUT2D eigenvalue weighted by Gasteiger charge is -2.30. The number of ether oxygens (including phenoxy) is 1. The largest absolute Gasteiger partial charge is 0.467 e. The third-order valence-corrected chi connectivity index (χ3v) is 5.42. The van der Waals surface area contributed by atoms with E-state index in [4.69, 9.17) is 4.74 Å². The zero-order valence-electron chi connectivity index (χ0n) is 15.2. The number of halogens is 1. The number of hydrogen-bond donors (Lipinski definition) is 0. The van der Waals surface area contributed by atoms with E-state index in [9.17, 15) is 23.6 Å². The highest BCUT2D eigenvalue weighted by Gasteiger charge is 2.53. The van der Waals surface area contributed by atoms with Crippen LogP contribution in [0.5, 0.6) is 0 Å². The molecule has 3 rings (SSSR count). The number of nitrogens with zero attached hydrogens (tertiary/aromatic N) is 2. The van der Waals surface area contributed by atoms with Crippen molar-refractivity contribution >= 4 is 23.7 Å². The smallest absolute Gasteiger partial charge is 0.328 e. The number of carbonyl (C=O) groups is 4. The minimum atomic E-state index is -1.46. The van der Waals surface area contributed by atoms with Crippen molar-refractivity contribution in [3.8, 4) is 0 Å². The minimum absolute atomic E-state index is 0.214. The van der Waals surface area contributed by atoms with Crippen molar-refractivity contribution < 1.29 is 28.3 Å². The van der Waals surface area contributed by atoms with E-state index in [0.29, 0.717) is 19.4 Å². The van der Waals surface area contributed by atoms with Crippen LogP contribution in [0.25, 0.3) is 0 Å². The molecular formula is C19H21FN2O5. The second kappa shape index (κ2) is 7.09. The minimum Gasteiger partial charge on any atom is -0.467 e. The van der Waals surface area contributed by atoms with Crippen LogP contribution >= 0.6 is 0 Å². The second-order valence-electron chi connectivity index (χ2n) is 6.97. The van der Waals surface area contributed by atoms with Crippen molar-refractivity contribution in [2.75, 3.05) is 20.7 Å². The first kappa shape index (κ1) is 19.0. The zero-order chi connectivity index (χ0) is 19.8. The fourth-order valence-electron chi connectivity index (χ4n) is 3.94. The molecule has 0 bridgehead atoms. The summed E-state index contributed by atoms with van der Waals surface area (Å²) in [6.45, 7) is 0.371. The molecule has 2 aliphatic heterocycles. The van der Waals surface area contributed by atoms with E-state index >= 15 is 0 Å². The molecular weight excluding hydrogens is 355 g/mol. The number of esters is 1. The summed E-state index contributed by atoms with van der Waals surface area (Å²) in [7, 11) is 2.61. The highest BCUT2D eigenvalue weighted by atomic mass is 19.1. The first-order valence-corrected chi connectivity index (χ1v) is 8.74. The van der Waals surface area contributed by atoms with Gasteiger partial charge in [0, 0.05) is 26.4 Å². The number of methoxy groups -OCH3 is 1. The maximum absolute atomic E-state index is 13.8. The number of rotatable bonds is 4. The van der Waals surface area contributed by atoms with Gasteiger partial charge in [-0.05, 0) is 30.5 Å². The van der Waals surface area contributed by atoms with Crippen molar-refractivity contribution in [3.05, 3.63) is 35.6 Å². The van der Waals surface area contributed by atoms with Gasteiger partial charge in [0.05, 0.1) is 12.5 Å². The molecule has 1 unspecified atom stereocenters. The highest BCUT2D eigenvalue weighted by molar-refractivity contribution is 6.10. The van der Waals surface area contributed by atoms with E-state index in [1.807, 2.05) is 0 Å². The molecule has 2 saturated heterocycles. The Hall–Kier alpha value is -2.77. The summed E-state index contributed by atoms with van der Waals surface area (Å²) >= 11 is 0. The van der Waals surface area contributed by atoms with Crippen LogP contribution in [-0.4, -0.2) is 60.2 Å². The molecule has 2 atom stereocenters. The van der Waals surface area contributed by atoms with Crippen molar-refractivity contribution in [1.29, 1.82) is 0 Å². The molecule has 3 amide bonds. The maximum atomic E-state index is 13.8. The average molecular weight is 376 g/mol. The first-order valence-electron chi connectivity index (χ1n) is 8.74. The van der Waals surface area contributed by atoms with Gasteiger partial charge in [-0.1, -0.05) is 12.1 Å². The van der Waals surface area contributed by atoms with Gasteiger partial charge in [0.2, 0.25) is 17.7 Å². The van der Waals surface area contributed by atoms with E-state index in [1.54, 1.807) is 6.07 Å². The van der Waals surface area contributed by atoms with Gasteiger partial charge in [0.15, 0.2) is 0 Å². The topological polar surface area (TPSA) is 84.0 Å². The summed E-state index contributed by atoms with van der Waals surface area (Å²) in [4.78, 5) is 52.4. The number of imide groups is 1. The quantitative estimate of drug-likeness (QED) is 0.578. The Labute approximate surface area is 156 Å². The lowest BCUT2D eigenvalue weighted by atomic mass is 9.75. The number of hydrogen-bond acceptors (Lipinski definition) is 5. The molecule has 0 aromatic heterocycles. The van der Waals surface area contributed by atoms with Crippen LogP contribution < -0.4 is 0 Å². The number of likely N-dealkylation sites (N-methyl/N-ethyl adjacent to an activating group) is 1. The molecule has 0 aliphatic carbocycles. The van der Waals surface area contributed by atoms with E-state index < -0.39 is 41.0 Å². The lowest BCUT2D eigenvalue weighted by Crippen LogP contribution is -2.46. The second-order valence-corrected chi connectivity index (χ2v) is 6.97. The molecule has 7 nitrogen and oxygen atoms in total. The Morgan fingerprint density at radius 3 is 2.67 bits per heavy atom. The van der Waals surface area contributed by atoms with Crippen LogP contribution in [0.4, 0.5) is 4.39 Å². The van der Waals surface area contributed by atoms with Gasteiger partial charge in [-0.2, -0.15) is 0 Å². The SMILES string of the molecule is COC(=O)[C@@H]1CCCN1C(=O)CC1(c2cccc(F)c2)CC(=O)N(C)C1=O. The number of benzene rings is 1. The molecule has 0 N–H and O–H groups in total. The summed E-state index contributed by atoms with van der Waals surface area (Å²) in [5.74, 6) is -2.46. The Kier molecular flexibility index (Phi) is 4.99. The summed E-state index contributed by atoms with van der Waals surface area (Å²) in [6, 6.07) is 4.71. The van der Waals surface area contributed by atoms with Crippen molar-refractivity contribution in [3.63, 3.8) is 0 Å². The van der Waals surface area contributed by atoms with Crippen LogP contribution in [0, 0.1) is 5.82 Å². The summed E-state index contributed by atoms with van der Waals surface area (Å²) in [5.41, 5.74) is -1.18. The molecule has 0 radical (unpaired) electrons. The molecule has 2 fully saturated rings. The Bertz CT molecular complexity index is 811. The van der Waals surface area contributed by atoms with Crippen LogP contribution in [-0.2, 0) is 29.3 Å². The molecule has 1 aromatic rings. The molecule has 1 aromatic carbocycles. The van der Waals surface area contributed by atoms with E-state index in [0.717, 1.165) is 4.90 Å². The van der Waals surface area contributed by atoms with Gasteiger partial charge in [-0.25, -0.2) is 9.18 Å². The van der Waals surface area contributed by atoms with E-state index in [2.05, 4.69) is 0 Å². The van der Waals surface area contributed by atoms with Gasteiger partial charge in [-0.3, -0.25) is 19.3 Å². The molecule has 2 heterocycles. The number of likely N-dealkylation sites (tertiary alicyclic amines) is 2. The average Bonchev–Trinajstić information content (AvgIpc) is 3.22. The van der Waals surface area contributed by atoms with Crippen molar-refractivity contribution in [2.45, 2.75) is 37.1 Å². The Morgan fingerprint density at radius 2 is 2.07 bits per heavy atom. The first-order chi connectivity index (χ1) is 12.8. The number of amides is 3. The molecule has 27 heavy (non-hydrogen) atoms. The van der Waals surface area contributed by atoms with E-state index in [-0.39, 0.29) is 18.4 Å². The monoisotopic (exact) mass is 376 g/mol. The fourth-order valence-corrected chi connectivity index (χ4v) is 3.94. The molecule has 0 saturated carbocycles. The lowest BCUT2D eigenvalue weighted by molar-refractivity contribution is -0.151. The third kappa shape index (κ3) is 3.20. The Morgan fingerprint density at radius 1 is 1.33 bits per heavy atom. The summed E-state index contributed by atoms with van der Waals surface area (Å²) in [5, 5.41) is 0. The van der Waals surface area contributed by atoms with Gasteiger partial charge in [-0.15, -0.1) is 0 Å². The predicted molar refractivity (Wildman–Crippen MR) is 91.8 cm³/mol. The van der Waals surface area contributed by atoms with E-state index in [1.165, 1.54) is 37.3 Å². The standard InChI is InChI=1S/C19H21FN2O5/c1-21-15(23)10-19(18(21)26,12-5-3-6-13(20)9-12)11-16(24)22-8-4-7-14(22)17(25)27-2/h3,5-6,9,14H,4,7-8,10-11H2,1-2H3/t14-,19?/m0/s1. The van der Waals surface area contributed by atoms with Gasteiger partial charge in [0.25, 0.3) is 0 Å². The van der Waals surface area contributed by atoms with Gasteiger partial charge in [0.1, 0.15) is 11.9 Å². The zero-order valence-corrected chi connectivity index (χ0v) is 15.2. The highest BCUT2D eigenvalue weighted by Crippen LogP contribution is 2.40. The van der Waals surface area contributed by atoms with Gasteiger partial charge < -0.3 is 9.64 Å². The summed E-state index contributed by atoms with van der Waals surface area (Å²) < 4.78 is 18.6. The fraction of sp³-hybridized carbons (Fsp3) is 0.474. The van der Waals surface area contributed by atoms with Gasteiger partial charge >= 0.3 is 5.97 Å². The predicted octanol–water partition coefficient (Wildman–Crippen LogP) is 1.01. The van der Waals surface area contributed by atoms with Crippen LogP contribution in [0.1, 0.15) is 31.2 Å². The normalized spacial score (nSPS) is 25.2. The molecule has 8 heteroatoms. The third-order valence-electron chi connectivity index (χ3n) is 5.42. The number of carbonyl (C=O) groups excluding carboxylic acids is 4. The maximum Gasteiger partial charge on any atom is 0.328 e. The van der Waals surface area contributed by atoms with Crippen LogP contribution in [0.15, 0.2) is 24.3 Å². The Balaban J connectivity index is 1.96. The van der Waals surface area contributed by atoms with Crippen molar-refractivity contribution in [1.82, 2.24) is 9.80 Å².